The van der Waals surface area contributed by atoms with E-state index < -0.39 is 10.0 Å². The Bertz CT molecular complexity index is 453. The second-order valence-corrected chi connectivity index (χ2v) is 7.59. The third-order valence-corrected chi connectivity index (χ3v) is 6.35. The predicted octanol–water partition coefficient (Wildman–Crippen LogP) is 2.16. The van der Waals surface area contributed by atoms with Gasteiger partial charge in [-0.25, -0.2) is 8.42 Å². The van der Waals surface area contributed by atoms with Crippen molar-refractivity contribution in [3.63, 3.8) is 0 Å². The Hall–Kier alpha value is -0.140. The van der Waals surface area contributed by atoms with Crippen molar-refractivity contribution in [3.8, 4) is 0 Å². The van der Waals surface area contributed by atoms with E-state index in [0.717, 1.165) is 12.8 Å². The molecule has 2 rings (SSSR count). The molecule has 1 saturated heterocycles. The van der Waals surface area contributed by atoms with Gasteiger partial charge in [0, 0.05) is 19.0 Å². The summed E-state index contributed by atoms with van der Waals surface area (Å²) in [7, 11) is -3.29. The quantitative estimate of drug-likeness (QED) is 0.783. The number of sulfonamides is 1. The number of hydrogen-bond acceptors (Lipinski definition) is 4. The number of rotatable bonds is 5. The summed E-state index contributed by atoms with van der Waals surface area (Å²) in [5.74, 6) is 0.480. The Morgan fingerprint density at radius 2 is 2.17 bits per heavy atom. The molecule has 102 valence electrons. The van der Waals surface area contributed by atoms with Crippen LogP contribution in [-0.4, -0.2) is 44.4 Å². The molecule has 0 atom stereocenters. The van der Waals surface area contributed by atoms with E-state index in [4.69, 9.17) is 16.3 Å². The van der Waals surface area contributed by atoms with Crippen molar-refractivity contribution in [1.82, 2.24) is 4.31 Å². The van der Waals surface area contributed by atoms with Crippen LogP contribution in [-0.2, 0) is 14.8 Å². The van der Waals surface area contributed by atoms with E-state index in [2.05, 4.69) is 0 Å². The SMILES string of the molecule is O=S(=O)(c1cccs1)N1CCC(OCCCl)CC1. The lowest BCUT2D eigenvalue weighted by atomic mass is 10.1. The minimum Gasteiger partial charge on any atom is -0.377 e. The summed E-state index contributed by atoms with van der Waals surface area (Å²) >= 11 is 6.82. The van der Waals surface area contributed by atoms with Crippen molar-refractivity contribution in [1.29, 1.82) is 0 Å². The fourth-order valence-corrected chi connectivity index (χ4v) is 4.69. The average Bonchev–Trinajstić information content (AvgIpc) is 2.91. The maximum Gasteiger partial charge on any atom is 0.252 e. The molecule has 1 aromatic heterocycles. The van der Waals surface area contributed by atoms with Crippen molar-refractivity contribution < 1.29 is 13.2 Å². The molecule has 0 aromatic carbocycles. The summed E-state index contributed by atoms with van der Waals surface area (Å²) in [5.41, 5.74) is 0. The molecule has 1 aliphatic rings. The van der Waals surface area contributed by atoms with E-state index >= 15 is 0 Å². The fourth-order valence-electron chi connectivity index (χ4n) is 1.99. The number of ether oxygens (including phenoxy) is 1. The number of alkyl halides is 1. The van der Waals surface area contributed by atoms with Crippen LogP contribution in [0.2, 0.25) is 0 Å². The lowest BCUT2D eigenvalue weighted by Gasteiger charge is -2.30. The van der Waals surface area contributed by atoms with Gasteiger partial charge in [-0.3, -0.25) is 0 Å². The molecule has 0 radical (unpaired) electrons. The molecule has 0 spiro atoms. The molecule has 2 heterocycles. The zero-order valence-corrected chi connectivity index (χ0v) is 12.3. The summed E-state index contributed by atoms with van der Waals surface area (Å²) in [6, 6.07) is 3.41. The average molecular weight is 310 g/mol. The summed E-state index contributed by atoms with van der Waals surface area (Å²) in [6.07, 6.45) is 1.61. The maximum absolute atomic E-state index is 12.2. The van der Waals surface area contributed by atoms with Gasteiger partial charge in [-0.05, 0) is 24.3 Å². The van der Waals surface area contributed by atoms with Crippen molar-refractivity contribution in [3.05, 3.63) is 17.5 Å². The first-order valence-corrected chi connectivity index (χ1v) is 8.71. The highest BCUT2D eigenvalue weighted by molar-refractivity contribution is 7.91. The number of halogens is 1. The van der Waals surface area contributed by atoms with Crippen molar-refractivity contribution >= 4 is 33.0 Å². The first-order valence-electron chi connectivity index (χ1n) is 5.86. The van der Waals surface area contributed by atoms with Crippen LogP contribution < -0.4 is 0 Å². The van der Waals surface area contributed by atoms with Crippen molar-refractivity contribution in [2.75, 3.05) is 25.6 Å². The fraction of sp³-hybridized carbons (Fsp3) is 0.636. The van der Waals surface area contributed by atoms with Gasteiger partial charge in [0.1, 0.15) is 4.21 Å². The molecule has 0 amide bonds. The standard InChI is InChI=1S/C11H16ClNO3S2/c12-5-8-16-10-3-6-13(7-4-10)18(14,15)11-2-1-9-17-11/h1-2,9-10H,3-8H2. The smallest absolute Gasteiger partial charge is 0.252 e. The first-order chi connectivity index (χ1) is 8.64. The largest absolute Gasteiger partial charge is 0.377 e. The molecular weight excluding hydrogens is 294 g/mol. The maximum atomic E-state index is 12.2. The van der Waals surface area contributed by atoms with Gasteiger partial charge in [0.2, 0.25) is 0 Å². The normalized spacial score (nSPS) is 19.2. The summed E-state index contributed by atoms with van der Waals surface area (Å²) < 4.78 is 32.0. The van der Waals surface area contributed by atoms with Gasteiger partial charge in [-0.15, -0.1) is 22.9 Å². The van der Waals surface area contributed by atoms with Gasteiger partial charge in [0.25, 0.3) is 10.0 Å². The second kappa shape index (κ2) is 6.34. The van der Waals surface area contributed by atoms with Crippen LogP contribution in [0.3, 0.4) is 0 Å². The Balaban J connectivity index is 1.94. The molecule has 1 aliphatic heterocycles. The van der Waals surface area contributed by atoms with Crippen LogP contribution >= 0.6 is 22.9 Å². The minimum atomic E-state index is -3.29. The molecule has 0 aliphatic carbocycles. The Labute approximate surface area is 117 Å². The first kappa shape index (κ1) is 14.3. The molecule has 1 fully saturated rings. The van der Waals surface area contributed by atoms with Gasteiger partial charge in [0.15, 0.2) is 0 Å². The van der Waals surface area contributed by atoms with Crippen LogP contribution in [0, 0.1) is 0 Å². The van der Waals surface area contributed by atoms with E-state index in [-0.39, 0.29) is 6.10 Å². The zero-order valence-electron chi connectivity index (χ0n) is 9.92. The Morgan fingerprint density at radius 3 is 2.72 bits per heavy atom. The number of nitrogens with zero attached hydrogens (tertiary/aromatic N) is 1. The van der Waals surface area contributed by atoms with E-state index in [1.165, 1.54) is 11.3 Å². The number of thiophene rings is 1. The van der Waals surface area contributed by atoms with Gasteiger partial charge in [-0.1, -0.05) is 6.07 Å². The predicted molar refractivity (Wildman–Crippen MR) is 72.8 cm³/mol. The van der Waals surface area contributed by atoms with Crippen molar-refractivity contribution in [2.24, 2.45) is 0 Å². The van der Waals surface area contributed by atoms with Crippen LogP contribution in [0.25, 0.3) is 0 Å². The van der Waals surface area contributed by atoms with Gasteiger partial charge < -0.3 is 4.74 Å². The monoisotopic (exact) mass is 309 g/mol. The Morgan fingerprint density at radius 1 is 1.44 bits per heavy atom. The lowest BCUT2D eigenvalue weighted by Crippen LogP contribution is -2.40. The van der Waals surface area contributed by atoms with Crippen LogP contribution in [0.4, 0.5) is 0 Å². The van der Waals surface area contributed by atoms with Gasteiger partial charge >= 0.3 is 0 Å². The molecule has 1 aromatic rings. The highest BCUT2D eigenvalue weighted by Gasteiger charge is 2.30. The molecule has 7 heteroatoms. The van der Waals surface area contributed by atoms with Crippen LogP contribution in [0.15, 0.2) is 21.7 Å². The molecular formula is C11H16ClNO3S2. The number of hydrogen-bond donors (Lipinski definition) is 0. The molecule has 0 unspecified atom stereocenters. The molecule has 0 saturated carbocycles. The molecule has 0 N–H and O–H groups in total. The van der Waals surface area contributed by atoms with Gasteiger partial charge in [-0.2, -0.15) is 4.31 Å². The van der Waals surface area contributed by atoms with E-state index in [9.17, 15) is 8.42 Å². The molecule has 4 nitrogen and oxygen atoms in total. The third-order valence-electron chi connectivity index (χ3n) is 2.92. The van der Waals surface area contributed by atoms with Crippen LogP contribution in [0.5, 0.6) is 0 Å². The van der Waals surface area contributed by atoms with E-state index in [1.54, 1.807) is 21.8 Å². The van der Waals surface area contributed by atoms with E-state index in [1.807, 2.05) is 0 Å². The topological polar surface area (TPSA) is 46.6 Å². The van der Waals surface area contributed by atoms with Gasteiger partial charge in [0.05, 0.1) is 12.7 Å². The summed E-state index contributed by atoms with van der Waals surface area (Å²) in [5, 5.41) is 1.78. The minimum absolute atomic E-state index is 0.138. The van der Waals surface area contributed by atoms with Crippen molar-refractivity contribution in [2.45, 2.75) is 23.2 Å². The third kappa shape index (κ3) is 3.24. The van der Waals surface area contributed by atoms with Crippen LogP contribution in [0.1, 0.15) is 12.8 Å². The molecule has 0 bridgehead atoms. The summed E-state index contributed by atoms with van der Waals surface area (Å²) in [6.45, 7) is 1.57. The second-order valence-electron chi connectivity index (χ2n) is 4.10. The Kier molecular flexibility index (Phi) is 5.03. The highest BCUT2D eigenvalue weighted by atomic mass is 35.5. The lowest BCUT2D eigenvalue weighted by molar-refractivity contribution is 0.0301. The number of piperidine rings is 1. The molecule has 18 heavy (non-hydrogen) atoms. The van der Waals surface area contributed by atoms with E-state index in [0.29, 0.717) is 29.8 Å². The summed E-state index contributed by atoms with van der Waals surface area (Å²) in [4.78, 5) is 0. The zero-order chi connectivity index (χ0) is 13.0. The highest BCUT2D eigenvalue weighted by Crippen LogP contribution is 2.24.